The molecule has 0 aliphatic rings. The van der Waals surface area contributed by atoms with Crippen molar-refractivity contribution in [3.63, 3.8) is 0 Å². The molecule has 16 heavy (non-hydrogen) atoms. The molecule has 2 N–H and O–H groups in total. The summed E-state index contributed by atoms with van der Waals surface area (Å²) in [6.07, 6.45) is 1.92. The van der Waals surface area contributed by atoms with E-state index in [1.807, 2.05) is 0 Å². The van der Waals surface area contributed by atoms with Gasteiger partial charge in [0, 0.05) is 18.5 Å². The highest BCUT2D eigenvalue weighted by Gasteiger charge is 2.08. The van der Waals surface area contributed by atoms with Gasteiger partial charge in [0.2, 0.25) is 0 Å². The van der Waals surface area contributed by atoms with Crippen LogP contribution in [0.4, 0.5) is 8.78 Å². The van der Waals surface area contributed by atoms with Crippen LogP contribution >= 0.6 is 0 Å². The monoisotopic (exact) mass is 224 g/mol. The van der Waals surface area contributed by atoms with E-state index in [1.165, 1.54) is 12.3 Å². The summed E-state index contributed by atoms with van der Waals surface area (Å²) in [4.78, 5) is 4.11. The fourth-order valence-electron chi connectivity index (χ4n) is 1.34. The summed E-state index contributed by atoms with van der Waals surface area (Å²) in [6, 6.07) is 3.59. The van der Waals surface area contributed by atoms with E-state index >= 15 is 0 Å². The van der Waals surface area contributed by atoms with Gasteiger partial charge < -0.3 is 10.2 Å². The Bertz CT molecular complexity index is 496. The van der Waals surface area contributed by atoms with Gasteiger partial charge in [0.15, 0.2) is 17.5 Å². The fraction of sp³-hybridized carbons (Fsp3) is 0.182. The van der Waals surface area contributed by atoms with Gasteiger partial charge in [-0.2, -0.15) is 0 Å². The zero-order valence-electron chi connectivity index (χ0n) is 8.41. The molecule has 0 unspecified atom stereocenters. The molecule has 2 rings (SSSR count). The molecule has 0 bridgehead atoms. The average molecular weight is 224 g/mol. The minimum atomic E-state index is -0.902. The first-order valence-corrected chi connectivity index (χ1v) is 4.80. The SMILES string of the molecule is NCCc1nc(-c2ccc(F)c(F)c2)co1. The van der Waals surface area contributed by atoms with Crippen LogP contribution in [0.5, 0.6) is 0 Å². The first-order valence-electron chi connectivity index (χ1n) is 4.80. The second-order valence-corrected chi connectivity index (χ2v) is 3.29. The van der Waals surface area contributed by atoms with Gasteiger partial charge in [-0.15, -0.1) is 0 Å². The van der Waals surface area contributed by atoms with Crippen molar-refractivity contribution in [2.45, 2.75) is 6.42 Å². The molecule has 1 aromatic heterocycles. The van der Waals surface area contributed by atoms with Crippen LogP contribution in [0.25, 0.3) is 11.3 Å². The third-order valence-corrected chi connectivity index (χ3v) is 2.13. The first kappa shape index (κ1) is 10.8. The third-order valence-electron chi connectivity index (χ3n) is 2.13. The number of hydrogen-bond acceptors (Lipinski definition) is 3. The van der Waals surface area contributed by atoms with E-state index in [-0.39, 0.29) is 0 Å². The van der Waals surface area contributed by atoms with Crippen LogP contribution in [0.1, 0.15) is 5.89 Å². The van der Waals surface area contributed by atoms with Gasteiger partial charge in [-0.3, -0.25) is 0 Å². The van der Waals surface area contributed by atoms with Crippen molar-refractivity contribution in [2.75, 3.05) is 6.54 Å². The molecule has 84 valence electrons. The van der Waals surface area contributed by atoms with E-state index in [0.717, 1.165) is 12.1 Å². The lowest BCUT2D eigenvalue weighted by Crippen LogP contribution is -2.02. The summed E-state index contributed by atoms with van der Waals surface area (Å²) in [5, 5.41) is 0. The van der Waals surface area contributed by atoms with Crippen LogP contribution in [0, 0.1) is 11.6 Å². The number of hydrogen-bond donors (Lipinski definition) is 1. The predicted molar refractivity (Wildman–Crippen MR) is 54.6 cm³/mol. The molecule has 0 saturated carbocycles. The molecular weight excluding hydrogens is 214 g/mol. The maximum Gasteiger partial charge on any atom is 0.195 e. The van der Waals surface area contributed by atoms with Crippen molar-refractivity contribution >= 4 is 0 Å². The Hall–Kier alpha value is -1.75. The molecule has 0 atom stereocenters. The van der Waals surface area contributed by atoms with E-state index in [9.17, 15) is 8.78 Å². The molecule has 0 amide bonds. The van der Waals surface area contributed by atoms with Crippen molar-refractivity contribution in [3.8, 4) is 11.3 Å². The zero-order chi connectivity index (χ0) is 11.5. The number of nitrogens with two attached hydrogens (primary N) is 1. The lowest BCUT2D eigenvalue weighted by Gasteiger charge is -1.96. The summed E-state index contributed by atoms with van der Waals surface area (Å²) in [7, 11) is 0. The molecule has 1 aromatic carbocycles. The lowest BCUT2D eigenvalue weighted by atomic mass is 10.1. The largest absolute Gasteiger partial charge is 0.448 e. The first-order chi connectivity index (χ1) is 7.70. The summed E-state index contributed by atoms with van der Waals surface area (Å²) in [5.41, 5.74) is 6.29. The maximum absolute atomic E-state index is 13.0. The Labute approximate surface area is 90.9 Å². The maximum atomic E-state index is 13.0. The Kier molecular flexibility index (Phi) is 2.96. The fourth-order valence-corrected chi connectivity index (χ4v) is 1.34. The summed E-state index contributed by atoms with van der Waals surface area (Å²) in [6.45, 7) is 0.428. The predicted octanol–water partition coefficient (Wildman–Crippen LogP) is 2.12. The van der Waals surface area contributed by atoms with E-state index in [2.05, 4.69) is 4.98 Å². The second kappa shape index (κ2) is 4.40. The highest BCUT2D eigenvalue weighted by molar-refractivity contribution is 5.57. The zero-order valence-corrected chi connectivity index (χ0v) is 8.41. The van der Waals surface area contributed by atoms with Crippen LogP contribution < -0.4 is 5.73 Å². The van der Waals surface area contributed by atoms with Gasteiger partial charge in [-0.05, 0) is 18.2 Å². The van der Waals surface area contributed by atoms with Gasteiger partial charge in [-0.1, -0.05) is 0 Å². The van der Waals surface area contributed by atoms with Gasteiger partial charge in [-0.25, -0.2) is 13.8 Å². The molecular formula is C11H10F2N2O. The quantitative estimate of drug-likeness (QED) is 0.868. The van der Waals surface area contributed by atoms with E-state index in [0.29, 0.717) is 30.1 Å². The van der Waals surface area contributed by atoms with Crippen molar-refractivity contribution < 1.29 is 13.2 Å². The van der Waals surface area contributed by atoms with Gasteiger partial charge >= 0.3 is 0 Å². The molecule has 2 aromatic rings. The number of nitrogens with zero attached hydrogens (tertiary/aromatic N) is 1. The van der Waals surface area contributed by atoms with Crippen molar-refractivity contribution in [1.29, 1.82) is 0 Å². The number of benzene rings is 1. The minimum absolute atomic E-state index is 0.428. The normalized spacial score (nSPS) is 10.7. The Morgan fingerprint density at radius 1 is 1.25 bits per heavy atom. The molecule has 0 spiro atoms. The van der Waals surface area contributed by atoms with Crippen LogP contribution in [-0.4, -0.2) is 11.5 Å². The Morgan fingerprint density at radius 2 is 2.06 bits per heavy atom. The van der Waals surface area contributed by atoms with Gasteiger partial charge in [0.05, 0.1) is 0 Å². The molecule has 5 heteroatoms. The van der Waals surface area contributed by atoms with Crippen molar-refractivity contribution in [1.82, 2.24) is 4.98 Å². The standard InChI is InChI=1S/C11H10F2N2O/c12-8-2-1-7(5-9(8)13)10-6-16-11(15-10)3-4-14/h1-2,5-6H,3-4,14H2. The smallest absolute Gasteiger partial charge is 0.195 e. The number of rotatable bonds is 3. The van der Waals surface area contributed by atoms with Gasteiger partial charge in [0.25, 0.3) is 0 Å². The summed E-state index contributed by atoms with van der Waals surface area (Å²) < 4.78 is 30.8. The molecule has 0 radical (unpaired) electrons. The Morgan fingerprint density at radius 3 is 2.75 bits per heavy atom. The topological polar surface area (TPSA) is 52.0 Å². The highest BCUT2D eigenvalue weighted by atomic mass is 19.2. The molecule has 1 heterocycles. The van der Waals surface area contributed by atoms with Crippen LogP contribution in [0.15, 0.2) is 28.9 Å². The number of oxazole rings is 1. The lowest BCUT2D eigenvalue weighted by molar-refractivity contribution is 0.496. The molecule has 0 aliphatic carbocycles. The van der Waals surface area contributed by atoms with Crippen LogP contribution in [0.2, 0.25) is 0 Å². The van der Waals surface area contributed by atoms with Crippen molar-refractivity contribution in [3.05, 3.63) is 42.0 Å². The molecule has 0 saturated heterocycles. The van der Waals surface area contributed by atoms with Crippen LogP contribution in [-0.2, 0) is 6.42 Å². The average Bonchev–Trinajstić information content (AvgIpc) is 2.71. The molecule has 0 fully saturated rings. The highest BCUT2D eigenvalue weighted by Crippen LogP contribution is 2.20. The summed E-state index contributed by atoms with van der Waals surface area (Å²) in [5.74, 6) is -1.29. The number of aromatic nitrogens is 1. The van der Waals surface area contributed by atoms with Crippen molar-refractivity contribution in [2.24, 2.45) is 5.73 Å². The minimum Gasteiger partial charge on any atom is -0.448 e. The summed E-state index contributed by atoms with van der Waals surface area (Å²) >= 11 is 0. The van der Waals surface area contributed by atoms with E-state index in [4.69, 9.17) is 10.2 Å². The molecule has 0 aliphatic heterocycles. The van der Waals surface area contributed by atoms with E-state index < -0.39 is 11.6 Å². The molecule has 3 nitrogen and oxygen atoms in total. The van der Waals surface area contributed by atoms with Crippen LogP contribution in [0.3, 0.4) is 0 Å². The third kappa shape index (κ3) is 2.09. The number of halogens is 2. The second-order valence-electron chi connectivity index (χ2n) is 3.29. The van der Waals surface area contributed by atoms with Gasteiger partial charge in [0.1, 0.15) is 12.0 Å². The van der Waals surface area contributed by atoms with E-state index in [1.54, 1.807) is 0 Å². The Balaban J connectivity index is 2.31.